The van der Waals surface area contributed by atoms with Gasteiger partial charge in [0.15, 0.2) is 0 Å². The normalized spacial score (nSPS) is 13.3. The fraction of sp³-hybridized carbons (Fsp3) is 0.0909. The molecule has 162 valence electrons. The second-order valence-corrected chi connectivity index (χ2v) is 7.02. The van der Waals surface area contributed by atoms with Crippen LogP contribution in [0.3, 0.4) is 0 Å². The van der Waals surface area contributed by atoms with E-state index in [0.717, 1.165) is 4.90 Å². The zero-order valence-corrected chi connectivity index (χ0v) is 16.2. The lowest BCUT2D eigenvalue weighted by Gasteiger charge is -2.14. The third kappa shape index (κ3) is 3.89. The van der Waals surface area contributed by atoms with E-state index in [9.17, 15) is 32.3 Å². The minimum Gasteiger partial charge on any atom is -0.327 e. The number of hydrogen-bond acceptors (Lipinski definition) is 4. The second kappa shape index (κ2) is 7.80. The molecule has 10 heteroatoms. The molecule has 0 fully saturated rings. The van der Waals surface area contributed by atoms with Gasteiger partial charge < -0.3 is 10.3 Å². The number of rotatable bonds is 4. The molecule has 0 aliphatic carbocycles. The molecule has 0 unspecified atom stereocenters. The maximum absolute atomic E-state index is 12.8. The molecule has 3 aromatic rings. The van der Waals surface area contributed by atoms with Crippen LogP contribution in [0.2, 0.25) is 0 Å². The van der Waals surface area contributed by atoms with Gasteiger partial charge in [-0.05, 0) is 35.9 Å². The molecule has 0 saturated carbocycles. The van der Waals surface area contributed by atoms with E-state index in [2.05, 4.69) is 5.32 Å². The standard InChI is InChI=1S/C22H14F3N3O4/c23-22(24,25)14-9-17(19(30)26-10-14)27-18(29)13-7-5-12(6-8-13)11-28-20(31)15-3-1-2-4-16(15)21(28)32/h1-10H,11H2,(H,26,30)(H,27,29). The number of imide groups is 1. The number of carbonyl (C=O) groups is 3. The Morgan fingerprint density at radius 3 is 2.09 bits per heavy atom. The smallest absolute Gasteiger partial charge is 0.327 e. The first-order valence-corrected chi connectivity index (χ1v) is 9.30. The summed E-state index contributed by atoms with van der Waals surface area (Å²) in [6.07, 6.45) is -4.17. The van der Waals surface area contributed by atoms with Crippen molar-refractivity contribution in [2.75, 3.05) is 5.32 Å². The molecule has 1 aliphatic rings. The minimum atomic E-state index is -4.69. The summed E-state index contributed by atoms with van der Waals surface area (Å²) in [5, 5.41) is 2.16. The number of alkyl halides is 3. The van der Waals surface area contributed by atoms with Gasteiger partial charge in [0.25, 0.3) is 23.3 Å². The summed E-state index contributed by atoms with van der Waals surface area (Å²) < 4.78 is 38.5. The first-order chi connectivity index (χ1) is 15.1. The van der Waals surface area contributed by atoms with E-state index in [0.29, 0.717) is 29.0 Å². The molecule has 1 aromatic heterocycles. The van der Waals surface area contributed by atoms with Crippen LogP contribution in [0.1, 0.15) is 42.2 Å². The average molecular weight is 441 g/mol. The van der Waals surface area contributed by atoms with E-state index in [1.807, 2.05) is 4.98 Å². The number of H-pyrrole nitrogens is 1. The molecule has 3 amide bonds. The van der Waals surface area contributed by atoms with Crippen molar-refractivity contribution in [3.05, 3.63) is 99.0 Å². The predicted octanol–water partition coefficient (Wildman–Crippen LogP) is 3.44. The summed E-state index contributed by atoms with van der Waals surface area (Å²) in [6.45, 7) is -0.0124. The topological polar surface area (TPSA) is 99.3 Å². The van der Waals surface area contributed by atoms with Crippen molar-refractivity contribution in [1.82, 2.24) is 9.88 Å². The van der Waals surface area contributed by atoms with Crippen LogP contribution in [-0.4, -0.2) is 27.6 Å². The number of benzene rings is 2. The third-order valence-electron chi connectivity index (χ3n) is 4.91. The summed E-state index contributed by atoms with van der Waals surface area (Å²) in [5.41, 5.74) is -1.25. The number of fused-ring (bicyclic) bond motifs is 1. The van der Waals surface area contributed by atoms with Gasteiger partial charge in [0.05, 0.1) is 23.2 Å². The van der Waals surface area contributed by atoms with Gasteiger partial charge in [-0.2, -0.15) is 13.2 Å². The largest absolute Gasteiger partial charge is 0.417 e. The second-order valence-electron chi connectivity index (χ2n) is 7.02. The van der Waals surface area contributed by atoms with Gasteiger partial charge in [-0.1, -0.05) is 24.3 Å². The highest BCUT2D eigenvalue weighted by atomic mass is 19.4. The SMILES string of the molecule is O=C(Nc1cc(C(F)(F)F)c[nH]c1=O)c1ccc(CN2C(=O)c3ccccc3C2=O)cc1. The van der Waals surface area contributed by atoms with Crippen LogP contribution in [-0.2, 0) is 12.7 Å². The number of aromatic amines is 1. The lowest BCUT2D eigenvalue weighted by atomic mass is 10.1. The Hall–Kier alpha value is -4.21. The number of amides is 3. The Balaban J connectivity index is 1.48. The van der Waals surface area contributed by atoms with Crippen LogP contribution in [0, 0.1) is 0 Å². The van der Waals surface area contributed by atoms with E-state index in [4.69, 9.17) is 0 Å². The van der Waals surface area contributed by atoms with Crippen molar-refractivity contribution in [2.24, 2.45) is 0 Å². The molecule has 7 nitrogen and oxygen atoms in total. The molecule has 1 aliphatic heterocycles. The van der Waals surface area contributed by atoms with E-state index in [-0.39, 0.29) is 12.1 Å². The Morgan fingerprint density at radius 1 is 0.938 bits per heavy atom. The molecular formula is C22H14F3N3O4. The van der Waals surface area contributed by atoms with E-state index < -0.39 is 40.7 Å². The molecule has 0 bridgehead atoms. The van der Waals surface area contributed by atoms with Crippen LogP contribution in [0.4, 0.5) is 18.9 Å². The molecule has 2 heterocycles. The number of nitrogens with one attached hydrogen (secondary N) is 2. The first kappa shape index (κ1) is 21.0. The maximum Gasteiger partial charge on any atom is 0.417 e. The Bertz CT molecular complexity index is 1260. The van der Waals surface area contributed by atoms with Gasteiger partial charge in [-0.25, -0.2) is 0 Å². The van der Waals surface area contributed by atoms with Crippen molar-refractivity contribution < 1.29 is 27.6 Å². The minimum absolute atomic E-state index is 0.0124. The van der Waals surface area contributed by atoms with Gasteiger partial charge in [0.1, 0.15) is 5.69 Å². The highest BCUT2D eigenvalue weighted by molar-refractivity contribution is 6.21. The number of aromatic nitrogens is 1. The fourth-order valence-electron chi connectivity index (χ4n) is 3.26. The van der Waals surface area contributed by atoms with Crippen molar-refractivity contribution >= 4 is 23.4 Å². The number of halogens is 3. The summed E-state index contributed by atoms with van der Waals surface area (Å²) in [5.74, 6) is -1.63. The van der Waals surface area contributed by atoms with Crippen LogP contribution in [0.25, 0.3) is 0 Å². The number of pyridine rings is 1. The van der Waals surface area contributed by atoms with Crippen LogP contribution >= 0.6 is 0 Å². The summed E-state index contributed by atoms with van der Waals surface area (Å²) in [4.78, 5) is 52.1. The zero-order chi connectivity index (χ0) is 23.0. The number of hydrogen-bond donors (Lipinski definition) is 2. The van der Waals surface area contributed by atoms with Crippen LogP contribution < -0.4 is 10.9 Å². The van der Waals surface area contributed by atoms with Crippen molar-refractivity contribution in [1.29, 1.82) is 0 Å². The molecule has 0 radical (unpaired) electrons. The van der Waals surface area contributed by atoms with Gasteiger partial charge in [0.2, 0.25) is 0 Å². The lowest BCUT2D eigenvalue weighted by molar-refractivity contribution is -0.137. The molecule has 0 atom stereocenters. The molecular weight excluding hydrogens is 427 g/mol. The van der Waals surface area contributed by atoms with E-state index in [1.54, 1.807) is 24.3 Å². The van der Waals surface area contributed by atoms with Crippen LogP contribution in [0.5, 0.6) is 0 Å². The molecule has 0 spiro atoms. The monoisotopic (exact) mass is 441 g/mol. The van der Waals surface area contributed by atoms with Gasteiger partial charge in [-0.15, -0.1) is 0 Å². The highest BCUT2D eigenvalue weighted by Crippen LogP contribution is 2.29. The summed E-state index contributed by atoms with van der Waals surface area (Å²) in [6, 6.07) is 12.8. The van der Waals surface area contributed by atoms with Crippen molar-refractivity contribution in [2.45, 2.75) is 12.7 Å². The number of carbonyl (C=O) groups excluding carboxylic acids is 3. The molecule has 4 rings (SSSR count). The van der Waals surface area contributed by atoms with Crippen LogP contribution in [0.15, 0.2) is 65.6 Å². The molecule has 32 heavy (non-hydrogen) atoms. The first-order valence-electron chi connectivity index (χ1n) is 9.30. The van der Waals surface area contributed by atoms with Gasteiger partial charge in [-0.3, -0.25) is 24.1 Å². The Morgan fingerprint density at radius 2 is 1.53 bits per heavy atom. The molecule has 2 aromatic carbocycles. The van der Waals surface area contributed by atoms with Gasteiger partial charge in [0, 0.05) is 11.8 Å². The Labute approximate surface area is 178 Å². The lowest BCUT2D eigenvalue weighted by Crippen LogP contribution is -2.29. The molecule has 0 saturated heterocycles. The summed E-state index contributed by atoms with van der Waals surface area (Å²) >= 11 is 0. The third-order valence-corrected chi connectivity index (χ3v) is 4.91. The maximum atomic E-state index is 12.8. The predicted molar refractivity (Wildman–Crippen MR) is 107 cm³/mol. The Kier molecular flexibility index (Phi) is 5.13. The van der Waals surface area contributed by atoms with E-state index in [1.165, 1.54) is 24.3 Å². The van der Waals surface area contributed by atoms with Crippen molar-refractivity contribution in [3.8, 4) is 0 Å². The number of nitrogens with zero attached hydrogens (tertiary/aromatic N) is 1. The quantitative estimate of drug-likeness (QED) is 0.606. The van der Waals surface area contributed by atoms with Gasteiger partial charge >= 0.3 is 6.18 Å². The van der Waals surface area contributed by atoms with E-state index >= 15 is 0 Å². The fourth-order valence-corrected chi connectivity index (χ4v) is 3.26. The summed E-state index contributed by atoms with van der Waals surface area (Å²) in [7, 11) is 0. The average Bonchev–Trinajstić information content (AvgIpc) is 3.00. The van der Waals surface area contributed by atoms with Crippen molar-refractivity contribution in [3.63, 3.8) is 0 Å². The zero-order valence-electron chi connectivity index (χ0n) is 16.2. The number of anilines is 1. The molecule has 2 N–H and O–H groups in total. The highest BCUT2D eigenvalue weighted by Gasteiger charge is 2.35.